The van der Waals surface area contributed by atoms with Crippen LogP contribution in [0.25, 0.3) is 0 Å². The van der Waals surface area contributed by atoms with Gasteiger partial charge in [0.15, 0.2) is 0 Å². The molecule has 0 spiro atoms. The number of allylic oxidation sites excluding steroid dienone is 1. The summed E-state index contributed by atoms with van der Waals surface area (Å²) in [6.07, 6.45) is 1.02. The number of ether oxygens (including phenoxy) is 2. The van der Waals surface area contributed by atoms with E-state index in [1.54, 1.807) is 23.4 Å². The SMILES string of the molecule is CCCSc1nc2n(n1)C(c1cccc(OCc3ccccc3Cl)c1)C(C(=O)OCC)=C(C)N2. The Morgan fingerprint density at radius 1 is 1.21 bits per heavy atom. The molecule has 178 valence electrons. The van der Waals surface area contributed by atoms with Crippen molar-refractivity contribution in [3.05, 3.63) is 76.0 Å². The highest BCUT2D eigenvalue weighted by atomic mass is 35.5. The van der Waals surface area contributed by atoms with Crippen molar-refractivity contribution in [2.24, 2.45) is 0 Å². The summed E-state index contributed by atoms with van der Waals surface area (Å²) in [5.41, 5.74) is 2.93. The number of rotatable bonds is 9. The number of carbonyl (C=O) groups excluding carboxylic acids is 1. The molecule has 4 rings (SSSR count). The molecule has 1 aliphatic heterocycles. The summed E-state index contributed by atoms with van der Waals surface area (Å²) in [4.78, 5) is 17.6. The molecule has 0 saturated carbocycles. The van der Waals surface area contributed by atoms with Crippen LogP contribution in [0.3, 0.4) is 0 Å². The third kappa shape index (κ3) is 5.23. The molecule has 0 saturated heterocycles. The standard InChI is InChI=1S/C25H27ClN4O3S/c1-4-13-34-25-28-24-27-16(3)21(23(31)32-5-2)22(30(24)29-25)17-10-8-11-19(14-17)33-15-18-9-6-7-12-20(18)26/h6-12,14,22H,4-5,13,15H2,1-3H3,(H,27,28,29). The fourth-order valence-electron chi connectivity index (χ4n) is 3.72. The van der Waals surface area contributed by atoms with Gasteiger partial charge >= 0.3 is 5.97 Å². The lowest BCUT2D eigenvalue weighted by Gasteiger charge is -2.28. The predicted molar refractivity (Wildman–Crippen MR) is 134 cm³/mol. The first-order valence-electron chi connectivity index (χ1n) is 11.2. The number of halogens is 1. The summed E-state index contributed by atoms with van der Waals surface area (Å²) in [5.74, 6) is 1.79. The molecule has 1 aliphatic rings. The molecule has 1 N–H and O–H groups in total. The largest absolute Gasteiger partial charge is 0.489 e. The van der Waals surface area contributed by atoms with Crippen molar-refractivity contribution < 1.29 is 14.3 Å². The Kier molecular flexibility index (Phi) is 7.80. The van der Waals surface area contributed by atoms with E-state index in [0.29, 0.717) is 39.8 Å². The summed E-state index contributed by atoms with van der Waals surface area (Å²) < 4.78 is 13.2. The fraction of sp³-hybridized carbons (Fsp3) is 0.320. The van der Waals surface area contributed by atoms with Gasteiger partial charge in [-0.05, 0) is 44.0 Å². The smallest absolute Gasteiger partial charge is 0.338 e. The topological polar surface area (TPSA) is 78.3 Å². The molecule has 1 atom stereocenters. The number of carbonyl (C=O) groups is 1. The lowest BCUT2D eigenvalue weighted by Crippen LogP contribution is -2.29. The van der Waals surface area contributed by atoms with Crippen molar-refractivity contribution in [1.29, 1.82) is 0 Å². The highest BCUT2D eigenvalue weighted by molar-refractivity contribution is 7.99. The molecular weight excluding hydrogens is 472 g/mol. The van der Waals surface area contributed by atoms with Gasteiger partial charge in [0.2, 0.25) is 11.1 Å². The van der Waals surface area contributed by atoms with Crippen molar-refractivity contribution in [3.8, 4) is 5.75 Å². The molecule has 0 amide bonds. The quantitative estimate of drug-likeness (QED) is 0.292. The van der Waals surface area contributed by atoms with E-state index < -0.39 is 6.04 Å². The second-order valence-electron chi connectivity index (χ2n) is 7.75. The van der Waals surface area contributed by atoms with Crippen LogP contribution < -0.4 is 10.1 Å². The van der Waals surface area contributed by atoms with Crippen molar-refractivity contribution in [3.63, 3.8) is 0 Å². The molecule has 2 aromatic carbocycles. The van der Waals surface area contributed by atoms with Gasteiger partial charge in [0, 0.05) is 22.0 Å². The van der Waals surface area contributed by atoms with Gasteiger partial charge in [-0.3, -0.25) is 0 Å². The average Bonchev–Trinajstić information content (AvgIpc) is 3.24. The number of hydrogen-bond donors (Lipinski definition) is 1. The predicted octanol–water partition coefficient (Wildman–Crippen LogP) is 5.86. The van der Waals surface area contributed by atoms with Crippen LogP contribution in [0.15, 0.2) is 65.0 Å². The zero-order valence-corrected chi connectivity index (χ0v) is 20.9. The third-order valence-corrected chi connectivity index (χ3v) is 6.70. The van der Waals surface area contributed by atoms with E-state index in [1.165, 1.54) is 0 Å². The van der Waals surface area contributed by atoms with Crippen LogP contribution in [0.1, 0.15) is 44.4 Å². The monoisotopic (exact) mass is 498 g/mol. The summed E-state index contributed by atoms with van der Waals surface area (Å²) in [7, 11) is 0. The van der Waals surface area contributed by atoms with Crippen LogP contribution in [0, 0.1) is 0 Å². The van der Waals surface area contributed by atoms with E-state index >= 15 is 0 Å². The Balaban J connectivity index is 1.69. The van der Waals surface area contributed by atoms with Crippen molar-refractivity contribution in [2.45, 2.75) is 45.0 Å². The van der Waals surface area contributed by atoms with Gasteiger partial charge in [-0.2, -0.15) is 4.98 Å². The van der Waals surface area contributed by atoms with E-state index in [4.69, 9.17) is 26.2 Å². The highest BCUT2D eigenvalue weighted by Gasteiger charge is 2.35. The Morgan fingerprint density at radius 3 is 2.79 bits per heavy atom. The zero-order valence-electron chi connectivity index (χ0n) is 19.4. The first kappa shape index (κ1) is 24.2. The van der Waals surface area contributed by atoms with Crippen LogP contribution >= 0.6 is 23.4 Å². The number of esters is 1. The van der Waals surface area contributed by atoms with Crippen molar-refractivity contribution in [1.82, 2.24) is 14.8 Å². The van der Waals surface area contributed by atoms with Gasteiger partial charge in [0.1, 0.15) is 18.4 Å². The van der Waals surface area contributed by atoms with Gasteiger partial charge < -0.3 is 14.8 Å². The van der Waals surface area contributed by atoms with E-state index in [0.717, 1.165) is 23.3 Å². The summed E-state index contributed by atoms with van der Waals surface area (Å²) in [5, 5.41) is 9.26. The molecule has 3 aromatic rings. The summed E-state index contributed by atoms with van der Waals surface area (Å²) in [6, 6.07) is 14.7. The number of thioether (sulfide) groups is 1. The highest BCUT2D eigenvalue weighted by Crippen LogP contribution is 2.37. The number of nitrogens with one attached hydrogen (secondary N) is 1. The number of hydrogen-bond acceptors (Lipinski definition) is 7. The lowest BCUT2D eigenvalue weighted by molar-refractivity contribution is -0.139. The number of aromatic nitrogens is 3. The molecule has 1 unspecified atom stereocenters. The third-order valence-electron chi connectivity index (χ3n) is 5.29. The van der Waals surface area contributed by atoms with Crippen LogP contribution in [0.2, 0.25) is 5.02 Å². The first-order chi connectivity index (χ1) is 16.5. The molecule has 7 nitrogen and oxygen atoms in total. The normalized spacial score (nSPS) is 15.0. The molecule has 0 aliphatic carbocycles. The second kappa shape index (κ2) is 11.0. The van der Waals surface area contributed by atoms with Crippen LogP contribution in [0.4, 0.5) is 5.95 Å². The minimum atomic E-state index is -0.498. The van der Waals surface area contributed by atoms with E-state index in [2.05, 4.69) is 17.2 Å². The lowest BCUT2D eigenvalue weighted by atomic mass is 9.95. The summed E-state index contributed by atoms with van der Waals surface area (Å²) >= 11 is 7.86. The van der Waals surface area contributed by atoms with Crippen LogP contribution in [0.5, 0.6) is 5.75 Å². The Morgan fingerprint density at radius 2 is 2.03 bits per heavy atom. The number of benzene rings is 2. The maximum Gasteiger partial charge on any atom is 0.338 e. The molecule has 9 heteroatoms. The molecule has 0 fully saturated rings. The molecule has 34 heavy (non-hydrogen) atoms. The minimum absolute atomic E-state index is 0.283. The van der Waals surface area contributed by atoms with Gasteiger partial charge in [0.05, 0.1) is 12.2 Å². The molecular formula is C25H27ClN4O3S. The van der Waals surface area contributed by atoms with Crippen molar-refractivity contribution in [2.75, 3.05) is 17.7 Å². The Hall–Kier alpha value is -2.97. The van der Waals surface area contributed by atoms with Crippen molar-refractivity contribution >= 4 is 35.3 Å². The summed E-state index contributed by atoms with van der Waals surface area (Å²) in [6.45, 7) is 6.38. The van der Waals surface area contributed by atoms with Gasteiger partial charge in [-0.25, -0.2) is 9.48 Å². The van der Waals surface area contributed by atoms with Gasteiger partial charge in [-0.1, -0.05) is 60.6 Å². The molecule has 0 bridgehead atoms. The second-order valence-corrected chi connectivity index (χ2v) is 9.22. The molecule has 1 aromatic heterocycles. The maximum absolute atomic E-state index is 13.0. The Labute approximate surface area is 208 Å². The van der Waals surface area contributed by atoms with E-state index in [9.17, 15) is 4.79 Å². The number of fused-ring (bicyclic) bond motifs is 1. The number of anilines is 1. The zero-order chi connectivity index (χ0) is 24.1. The average molecular weight is 499 g/mol. The van der Waals surface area contributed by atoms with Gasteiger partial charge in [-0.15, -0.1) is 5.10 Å². The Bertz CT molecular complexity index is 1210. The number of nitrogens with zero attached hydrogens (tertiary/aromatic N) is 3. The fourth-order valence-corrected chi connectivity index (χ4v) is 4.59. The molecule has 2 heterocycles. The molecule has 0 radical (unpaired) electrons. The van der Waals surface area contributed by atoms with Crippen LogP contribution in [-0.2, 0) is 16.1 Å². The minimum Gasteiger partial charge on any atom is -0.489 e. The van der Waals surface area contributed by atoms with E-state index in [1.807, 2.05) is 55.5 Å². The van der Waals surface area contributed by atoms with E-state index in [-0.39, 0.29) is 12.6 Å². The van der Waals surface area contributed by atoms with Gasteiger partial charge in [0.25, 0.3) is 0 Å². The first-order valence-corrected chi connectivity index (χ1v) is 12.6. The van der Waals surface area contributed by atoms with Crippen LogP contribution in [-0.4, -0.2) is 33.1 Å². The maximum atomic E-state index is 13.0.